The Morgan fingerprint density at radius 2 is 1.59 bits per heavy atom. The second-order valence-corrected chi connectivity index (χ2v) is 7.67. The Bertz CT molecular complexity index is 933. The summed E-state index contributed by atoms with van der Waals surface area (Å²) in [4.78, 5) is 1.57. The van der Waals surface area contributed by atoms with Crippen LogP contribution in [0.4, 0.5) is 0 Å². The summed E-state index contributed by atoms with van der Waals surface area (Å²) >= 11 is 0. The normalized spacial score (nSPS) is 11.3. The number of hydrogen-bond acceptors (Lipinski definition) is 4. The van der Waals surface area contributed by atoms with Crippen LogP contribution in [-0.2, 0) is 12.8 Å². The van der Waals surface area contributed by atoms with E-state index in [0.717, 1.165) is 73.7 Å². The number of aryl methyl sites for hydroxylation is 2. The minimum atomic E-state index is 0.290. The Kier molecular flexibility index (Phi) is 7.50. The van der Waals surface area contributed by atoms with Gasteiger partial charge in [-0.3, -0.25) is 0 Å². The Morgan fingerprint density at radius 3 is 2.34 bits per heavy atom. The van der Waals surface area contributed by atoms with Crippen molar-refractivity contribution >= 4 is 11.0 Å². The monoisotopic (exact) mass is 395 g/mol. The van der Waals surface area contributed by atoms with Crippen molar-refractivity contribution in [1.29, 1.82) is 0 Å². The molecule has 3 aromatic rings. The molecule has 1 aromatic heterocycles. The van der Waals surface area contributed by atoms with Gasteiger partial charge in [-0.2, -0.15) is 0 Å². The highest BCUT2D eigenvalue weighted by atomic mass is 16.5. The highest BCUT2D eigenvalue weighted by molar-refractivity contribution is 5.76. The summed E-state index contributed by atoms with van der Waals surface area (Å²) in [5.41, 5.74) is 4.44. The third-order valence-corrected chi connectivity index (χ3v) is 5.18. The van der Waals surface area contributed by atoms with Crippen molar-refractivity contribution in [3.05, 3.63) is 41.5 Å². The van der Waals surface area contributed by atoms with Gasteiger partial charge in [-0.25, -0.2) is 0 Å². The largest absolute Gasteiger partial charge is 0.505 e. The molecule has 3 rings (SSSR count). The van der Waals surface area contributed by atoms with E-state index in [-0.39, 0.29) is 0 Å². The molecule has 0 bridgehead atoms. The Balaban J connectivity index is 1.95. The number of fused-ring (bicyclic) bond motifs is 1. The number of hydrogen-bond donors (Lipinski definition) is 1. The van der Waals surface area contributed by atoms with Crippen LogP contribution < -0.4 is 4.74 Å². The molecule has 0 aliphatic rings. The lowest BCUT2D eigenvalue weighted by atomic mass is 10.00. The maximum absolute atomic E-state index is 10.9. The number of nitrogens with zero attached hydrogens (tertiary/aromatic N) is 3. The van der Waals surface area contributed by atoms with Crippen LogP contribution in [0.1, 0.15) is 70.4 Å². The minimum absolute atomic E-state index is 0.290. The van der Waals surface area contributed by atoms with Crippen LogP contribution in [0.3, 0.4) is 0 Å². The SMILES string of the molecule is CCCCOc1ccc2nn(-c3cc(CCCC)cc(CCCC)c3O)nc2c1. The van der Waals surface area contributed by atoms with Gasteiger partial charge in [-0.15, -0.1) is 15.0 Å². The fourth-order valence-electron chi connectivity index (χ4n) is 3.40. The molecule has 0 amide bonds. The van der Waals surface area contributed by atoms with Crippen molar-refractivity contribution < 1.29 is 9.84 Å². The predicted octanol–water partition coefficient (Wildman–Crippen LogP) is 5.99. The lowest BCUT2D eigenvalue weighted by Gasteiger charge is -2.12. The molecule has 0 spiro atoms. The van der Waals surface area contributed by atoms with Crippen LogP contribution in [0, 0.1) is 0 Å². The topological polar surface area (TPSA) is 60.2 Å². The first-order chi connectivity index (χ1) is 14.2. The highest BCUT2D eigenvalue weighted by Gasteiger charge is 2.15. The van der Waals surface area contributed by atoms with Gasteiger partial charge in [0.05, 0.1) is 6.61 Å². The Hall–Kier alpha value is -2.56. The van der Waals surface area contributed by atoms with E-state index >= 15 is 0 Å². The summed E-state index contributed by atoms with van der Waals surface area (Å²) in [6.45, 7) is 7.22. The van der Waals surface area contributed by atoms with E-state index in [0.29, 0.717) is 18.0 Å². The van der Waals surface area contributed by atoms with E-state index < -0.39 is 0 Å². The van der Waals surface area contributed by atoms with Crippen molar-refractivity contribution in [2.45, 2.75) is 72.1 Å². The summed E-state index contributed by atoms with van der Waals surface area (Å²) in [6, 6.07) is 9.95. The summed E-state index contributed by atoms with van der Waals surface area (Å²) in [7, 11) is 0. The first kappa shape index (κ1) is 21.2. The lowest BCUT2D eigenvalue weighted by molar-refractivity contribution is 0.310. The molecule has 29 heavy (non-hydrogen) atoms. The molecular weight excluding hydrogens is 362 g/mol. The summed E-state index contributed by atoms with van der Waals surface area (Å²) in [6.07, 6.45) is 8.42. The smallest absolute Gasteiger partial charge is 0.146 e. The van der Waals surface area contributed by atoms with Gasteiger partial charge in [0, 0.05) is 6.07 Å². The van der Waals surface area contributed by atoms with Crippen molar-refractivity contribution in [3.63, 3.8) is 0 Å². The van der Waals surface area contributed by atoms with Gasteiger partial charge in [0.2, 0.25) is 0 Å². The molecule has 1 heterocycles. The molecule has 156 valence electrons. The number of phenolic OH excluding ortho intramolecular Hbond substituents is 1. The number of aromatic nitrogens is 3. The van der Waals surface area contributed by atoms with Gasteiger partial charge < -0.3 is 9.84 Å². The third kappa shape index (κ3) is 5.28. The average Bonchev–Trinajstić information content (AvgIpc) is 3.15. The van der Waals surface area contributed by atoms with E-state index in [2.05, 4.69) is 37.0 Å². The highest BCUT2D eigenvalue weighted by Crippen LogP contribution is 2.30. The molecule has 5 heteroatoms. The van der Waals surface area contributed by atoms with Gasteiger partial charge in [0.15, 0.2) is 0 Å². The van der Waals surface area contributed by atoms with Crippen LogP contribution in [-0.4, -0.2) is 26.7 Å². The number of phenols is 1. The van der Waals surface area contributed by atoms with E-state index in [1.54, 1.807) is 4.80 Å². The number of aromatic hydroxyl groups is 1. The maximum atomic E-state index is 10.9. The average molecular weight is 396 g/mol. The standard InChI is InChI=1S/C24H33N3O2/c1-4-7-10-18-15-19(11-8-5-2)24(28)23(16-18)27-25-21-13-12-20(17-22(21)26-27)29-14-9-6-3/h12-13,15-17,28H,4-11,14H2,1-3H3. The number of unbranched alkanes of at least 4 members (excludes halogenated alkanes) is 3. The summed E-state index contributed by atoms with van der Waals surface area (Å²) in [5.74, 6) is 1.10. The van der Waals surface area contributed by atoms with Crippen molar-refractivity contribution in [2.75, 3.05) is 6.61 Å². The molecule has 0 saturated carbocycles. The summed E-state index contributed by atoms with van der Waals surface area (Å²) in [5, 5.41) is 20.2. The molecule has 0 aliphatic carbocycles. The van der Waals surface area contributed by atoms with Crippen molar-refractivity contribution in [2.24, 2.45) is 0 Å². The molecule has 0 unspecified atom stereocenters. The van der Waals surface area contributed by atoms with E-state index in [9.17, 15) is 5.11 Å². The van der Waals surface area contributed by atoms with Crippen LogP contribution in [0.25, 0.3) is 16.7 Å². The zero-order valence-corrected chi connectivity index (χ0v) is 17.9. The van der Waals surface area contributed by atoms with Crippen LogP contribution in [0.5, 0.6) is 11.5 Å². The molecule has 0 aliphatic heterocycles. The number of ether oxygens (including phenoxy) is 1. The molecule has 2 aromatic carbocycles. The quantitative estimate of drug-likeness (QED) is 0.405. The van der Waals surface area contributed by atoms with Gasteiger partial charge >= 0.3 is 0 Å². The zero-order valence-electron chi connectivity index (χ0n) is 17.9. The van der Waals surface area contributed by atoms with Gasteiger partial charge in [-0.05, 0) is 61.4 Å². The van der Waals surface area contributed by atoms with Crippen molar-refractivity contribution in [1.82, 2.24) is 15.0 Å². The van der Waals surface area contributed by atoms with E-state index in [4.69, 9.17) is 4.74 Å². The molecule has 0 radical (unpaired) electrons. The van der Waals surface area contributed by atoms with Crippen LogP contribution >= 0.6 is 0 Å². The van der Waals surface area contributed by atoms with Crippen LogP contribution in [0.2, 0.25) is 0 Å². The second kappa shape index (κ2) is 10.3. The first-order valence-corrected chi connectivity index (χ1v) is 11.0. The molecule has 5 nitrogen and oxygen atoms in total. The Labute approximate surface area is 173 Å². The van der Waals surface area contributed by atoms with E-state index in [1.165, 1.54) is 5.56 Å². The van der Waals surface area contributed by atoms with Crippen molar-refractivity contribution in [3.8, 4) is 17.2 Å². The van der Waals surface area contributed by atoms with Crippen LogP contribution in [0.15, 0.2) is 30.3 Å². The fraction of sp³-hybridized carbons (Fsp3) is 0.500. The third-order valence-electron chi connectivity index (χ3n) is 5.18. The van der Waals surface area contributed by atoms with Gasteiger partial charge in [0.1, 0.15) is 28.2 Å². The van der Waals surface area contributed by atoms with Gasteiger partial charge in [0.25, 0.3) is 0 Å². The molecule has 0 atom stereocenters. The lowest BCUT2D eigenvalue weighted by Crippen LogP contribution is -2.03. The molecule has 0 saturated heterocycles. The maximum Gasteiger partial charge on any atom is 0.146 e. The first-order valence-electron chi connectivity index (χ1n) is 11.0. The Morgan fingerprint density at radius 1 is 0.862 bits per heavy atom. The molecular formula is C24H33N3O2. The van der Waals surface area contributed by atoms with E-state index in [1.807, 2.05) is 24.3 Å². The number of rotatable bonds is 11. The molecule has 0 fully saturated rings. The molecule has 1 N–H and O–H groups in total. The summed E-state index contributed by atoms with van der Waals surface area (Å²) < 4.78 is 5.79. The number of benzene rings is 2. The predicted molar refractivity (Wildman–Crippen MR) is 118 cm³/mol. The van der Waals surface area contributed by atoms with Gasteiger partial charge in [-0.1, -0.05) is 46.1 Å². The minimum Gasteiger partial charge on any atom is -0.505 e. The fourth-order valence-corrected chi connectivity index (χ4v) is 3.40. The second-order valence-electron chi connectivity index (χ2n) is 7.67. The zero-order chi connectivity index (χ0) is 20.6.